The lowest BCUT2D eigenvalue weighted by Crippen LogP contribution is -2.02. The third-order valence-corrected chi connectivity index (χ3v) is 4.36. The van der Waals surface area contributed by atoms with Crippen LogP contribution >= 0.6 is 0 Å². The molecule has 4 nitrogen and oxygen atoms in total. The zero-order chi connectivity index (χ0) is 17.1. The van der Waals surface area contributed by atoms with Crippen LogP contribution < -0.4 is 4.74 Å². The van der Waals surface area contributed by atoms with Crippen molar-refractivity contribution in [2.45, 2.75) is 45.4 Å². The Morgan fingerprint density at radius 2 is 1.88 bits per heavy atom. The largest absolute Gasteiger partial charge is 0.508 e. The number of hydrogen-bond donors (Lipinski definition) is 2. The summed E-state index contributed by atoms with van der Waals surface area (Å²) < 4.78 is 5.79. The summed E-state index contributed by atoms with van der Waals surface area (Å²) in [6.45, 7) is 2.19. The van der Waals surface area contributed by atoms with Gasteiger partial charge in [-0.15, -0.1) is 0 Å². The number of carbonyl (C=O) groups excluding carboxylic acids is 1. The lowest BCUT2D eigenvalue weighted by atomic mass is 9.98. The Hall–Kier alpha value is -2.49. The second-order valence-electron chi connectivity index (χ2n) is 6.29. The molecule has 2 aromatic rings. The SMILES string of the molecule is CCCCCCc1ccc2c(c1)CC(=O)c1c(O)cc(O)cc1O2. The summed E-state index contributed by atoms with van der Waals surface area (Å²) in [5.74, 6) is 0.221. The molecule has 24 heavy (non-hydrogen) atoms. The van der Waals surface area contributed by atoms with Crippen molar-refractivity contribution in [1.82, 2.24) is 0 Å². The zero-order valence-corrected chi connectivity index (χ0v) is 13.8. The lowest BCUT2D eigenvalue weighted by molar-refractivity contribution is 0.0991. The quantitative estimate of drug-likeness (QED) is 0.778. The number of benzene rings is 2. The first-order valence-corrected chi connectivity index (χ1v) is 8.47. The van der Waals surface area contributed by atoms with Crippen LogP contribution in [-0.2, 0) is 12.8 Å². The van der Waals surface area contributed by atoms with E-state index >= 15 is 0 Å². The number of carbonyl (C=O) groups is 1. The summed E-state index contributed by atoms with van der Waals surface area (Å²) in [5, 5.41) is 19.6. The molecule has 0 amide bonds. The molecule has 0 unspecified atom stereocenters. The van der Waals surface area contributed by atoms with E-state index in [1.807, 2.05) is 18.2 Å². The molecule has 0 aromatic heterocycles. The number of fused-ring (bicyclic) bond motifs is 2. The van der Waals surface area contributed by atoms with Gasteiger partial charge in [-0.1, -0.05) is 38.3 Å². The number of phenols is 2. The predicted octanol–water partition coefficient (Wildman–Crippen LogP) is 4.75. The Morgan fingerprint density at radius 3 is 2.67 bits per heavy atom. The van der Waals surface area contributed by atoms with Crippen molar-refractivity contribution in [3.63, 3.8) is 0 Å². The molecule has 1 aliphatic heterocycles. The van der Waals surface area contributed by atoms with Gasteiger partial charge in [0.25, 0.3) is 0 Å². The van der Waals surface area contributed by atoms with Gasteiger partial charge in [0.15, 0.2) is 5.78 Å². The van der Waals surface area contributed by atoms with E-state index in [1.165, 1.54) is 30.9 Å². The highest BCUT2D eigenvalue weighted by atomic mass is 16.5. The second-order valence-corrected chi connectivity index (χ2v) is 6.29. The monoisotopic (exact) mass is 326 g/mol. The fourth-order valence-electron chi connectivity index (χ4n) is 3.11. The third-order valence-electron chi connectivity index (χ3n) is 4.36. The van der Waals surface area contributed by atoms with Gasteiger partial charge in [0.05, 0.1) is 0 Å². The third kappa shape index (κ3) is 3.37. The molecule has 0 bridgehead atoms. The van der Waals surface area contributed by atoms with Gasteiger partial charge in [-0.3, -0.25) is 4.79 Å². The van der Waals surface area contributed by atoms with Crippen LogP contribution in [-0.4, -0.2) is 16.0 Å². The number of Topliss-reactive ketones (excluding diaryl/α,β-unsaturated/α-hetero) is 1. The standard InChI is InChI=1S/C20H22O4/c1-2-3-4-5-6-13-7-8-18-14(9-13)10-16(22)20-17(23)11-15(21)12-19(20)24-18/h7-9,11-12,21,23H,2-6,10H2,1H3. The molecule has 0 fully saturated rings. The molecule has 1 aliphatic rings. The van der Waals surface area contributed by atoms with Crippen molar-refractivity contribution in [3.05, 3.63) is 47.0 Å². The molecule has 4 heteroatoms. The molecular weight excluding hydrogens is 304 g/mol. The van der Waals surface area contributed by atoms with Crippen molar-refractivity contribution in [2.75, 3.05) is 0 Å². The van der Waals surface area contributed by atoms with Crippen LogP contribution in [0.1, 0.15) is 54.1 Å². The summed E-state index contributed by atoms with van der Waals surface area (Å²) in [5.41, 5.74) is 2.15. The second kappa shape index (κ2) is 6.95. The van der Waals surface area contributed by atoms with Crippen molar-refractivity contribution < 1.29 is 19.7 Å². The van der Waals surface area contributed by atoms with E-state index in [0.717, 1.165) is 24.5 Å². The van der Waals surface area contributed by atoms with Gasteiger partial charge in [-0.25, -0.2) is 0 Å². The highest BCUT2D eigenvalue weighted by Gasteiger charge is 2.25. The van der Waals surface area contributed by atoms with Crippen LogP contribution in [0.15, 0.2) is 30.3 Å². The van der Waals surface area contributed by atoms with Crippen LogP contribution in [0, 0.1) is 0 Å². The van der Waals surface area contributed by atoms with Crippen LogP contribution in [0.3, 0.4) is 0 Å². The average molecular weight is 326 g/mol. The number of aryl methyl sites for hydroxylation is 1. The van der Waals surface area contributed by atoms with Crippen molar-refractivity contribution >= 4 is 5.78 Å². The molecule has 0 spiro atoms. The lowest BCUT2D eigenvalue weighted by Gasteiger charge is -2.10. The number of aromatic hydroxyl groups is 2. The number of unbranched alkanes of at least 4 members (excludes halogenated alkanes) is 3. The van der Waals surface area contributed by atoms with Gasteiger partial charge in [-0.05, 0) is 24.5 Å². The smallest absolute Gasteiger partial charge is 0.174 e. The fourth-order valence-corrected chi connectivity index (χ4v) is 3.11. The number of ether oxygens (including phenoxy) is 1. The van der Waals surface area contributed by atoms with Gasteiger partial charge in [0, 0.05) is 24.1 Å². The zero-order valence-electron chi connectivity index (χ0n) is 13.8. The van der Waals surface area contributed by atoms with Crippen molar-refractivity contribution in [3.8, 4) is 23.0 Å². The normalized spacial score (nSPS) is 13.0. The minimum atomic E-state index is -0.248. The highest BCUT2D eigenvalue weighted by Crippen LogP contribution is 2.40. The maximum absolute atomic E-state index is 12.5. The van der Waals surface area contributed by atoms with E-state index < -0.39 is 0 Å². The van der Waals surface area contributed by atoms with Gasteiger partial charge < -0.3 is 14.9 Å². The number of ketones is 1. The first-order chi connectivity index (χ1) is 11.6. The summed E-state index contributed by atoms with van der Waals surface area (Å²) >= 11 is 0. The molecule has 126 valence electrons. The fraction of sp³-hybridized carbons (Fsp3) is 0.350. The Morgan fingerprint density at radius 1 is 1.04 bits per heavy atom. The predicted molar refractivity (Wildman–Crippen MR) is 92.2 cm³/mol. The van der Waals surface area contributed by atoms with Crippen LogP contribution in [0.2, 0.25) is 0 Å². The average Bonchev–Trinajstić information content (AvgIpc) is 2.66. The Labute approximate surface area is 141 Å². The Kier molecular flexibility index (Phi) is 4.74. The molecule has 0 atom stereocenters. The van der Waals surface area contributed by atoms with E-state index in [9.17, 15) is 15.0 Å². The van der Waals surface area contributed by atoms with Crippen LogP contribution in [0.4, 0.5) is 0 Å². The van der Waals surface area contributed by atoms with E-state index in [-0.39, 0.29) is 35.0 Å². The van der Waals surface area contributed by atoms with Crippen molar-refractivity contribution in [2.24, 2.45) is 0 Å². The van der Waals surface area contributed by atoms with E-state index in [2.05, 4.69) is 6.92 Å². The number of hydrogen-bond acceptors (Lipinski definition) is 4. The summed E-state index contributed by atoms with van der Waals surface area (Å²) in [4.78, 5) is 12.5. The highest BCUT2D eigenvalue weighted by molar-refractivity contribution is 6.03. The van der Waals surface area contributed by atoms with Gasteiger partial charge >= 0.3 is 0 Å². The van der Waals surface area contributed by atoms with E-state index in [0.29, 0.717) is 5.75 Å². The first-order valence-electron chi connectivity index (χ1n) is 8.47. The van der Waals surface area contributed by atoms with Gasteiger partial charge in [0.2, 0.25) is 0 Å². The minimum Gasteiger partial charge on any atom is -0.508 e. The molecule has 0 saturated carbocycles. The summed E-state index contributed by atoms with van der Waals surface area (Å²) in [7, 11) is 0. The molecule has 2 N–H and O–H groups in total. The Balaban J connectivity index is 1.86. The topological polar surface area (TPSA) is 66.8 Å². The maximum atomic E-state index is 12.5. The molecule has 0 radical (unpaired) electrons. The van der Waals surface area contributed by atoms with Gasteiger partial charge in [-0.2, -0.15) is 0 Å². The van der Waals surface area contributed by atoms with Gasteiger partial charge in [0.1, 0.15) is 28.6 Å². The van der Waals surface area contributed by atoms with E-state index in [4.69, 9.17) is 4.74 Å². The van der Waals surface area contributed by atoms with Crippen LogP contribution in [0.5, 0.6) is 23.0 Å². The number of phenolic OH excluding ortho intramolecular Hbond substituents is 2. The molecule has 0 aliphatic carbocycles. The maximum Gasteiger partial charge on any atom is 0.174 e. The molecule has 1 heterocycles. The van der Waals surface area contributed by atoms with Crippen LogP contribution in [0.25, 0.3) is 0 Å². The summed E-state index contributed by atoms with van der Waals surface area (Å²) in [6.07, 6.45) is 5.97. The van der Waals surface area contributed by atoms with Crippen molar-refractivity contribution in [1.29, 1.82) is 0 Å². The first kappa shape index (κ1) is 16.4. The Bertz CT molecular complexity index is 764. The molecule has 2 aromatic carbocycles. The molecule has 3 rings (SSSR count). The summed E-state index contributed by atoms with van der Waals surface area (Å²) in [6, 6.07) is 8.43. The van der Waals surface area contributed by atoms with E-state index in [1.54, 1.807) is 0 Å². The molecule has 0 saturated heterocycles. The number of rotatable bonds is 5. The molecular formula is C20H22O4. The minimum absolute atomic E-state index is 0.130.